The van der Waals surface area contributed by atoms with Gasteiger partial charge in [0.05, 0.1) is 22.2 Å². The standard InChI is InChI=1S/C61H48BN2O/c1-59(2)34-35-60(3,4)49-37-41(30-32-46(49)59)63-56-43(31-33-53-54(56)44-24-13-16-29-52(44)65-53)45-36-38-18-11-12-23-42(38)57-55(45)62-50-27-17-26-48-58(50)64(57)51-28-15-14-25-47(51)61(48,39-19-7-5-8-20-39)40-21-9-6-10-22-40/h5-33,36-37,63H,34-35H2,1-4H3. The van der Waals surface area contributed by atoms with Crippen LogP contribution in [0.1, 0.15) is 73.9 Å². The molecule has 65 heavy (non-hydrogen) atoms. The van der Waals surface area contributed by atoms with Gasteiger partial charge >= 0.3 is 0 Å². The van der Waals surface area contributed by atoms with E-state index in [4.69, 9.17) is 4.42 Å². The summed E-state index contributed by atoms with van der Waals surface area (Å²) in [6.45, 7) is 9.61. The summed E-state index contributed by atoms with van der Waals surface area (Å²) in [4.78, 5) is 2.59. The fraction of sp³-hybridized carbons (Fsp3) is 0.148. The molecule has 0 bridgehead atoms. The van der Waals surface area contributed by atoms with Crippen LogP contribution in [0, 0.1) is 0 Å². The number of para-hydroxylation sites is 3. The van der Waals surface area contributed by atoms with Gasteiger partial charge < -0.3 is 14.6 Å². The summed E-state index contributed by atoms with van der Waals surface area (Å²) in [6.07, 6.45) is 2.34. The van der Waals surface area contributed by atoms with Crippen LogP contribution < -0.4 is 21.1 Å². The van der Waals surface area contributed by atoms with Gasteiger partial charge in [0.15, 0.2) is 7.28 Å². The van der Waals surface area contributed by atoms with Crippen molar-refractivity contribution in [2.45, 2.75) is 56.8 Å². The quantitative estimate of drug-likeness (QED) is 0.175. The highest BCUT2D eigenvalue weighted by molar-refractivity contribution is 6.74. The first-order chi connectivity index (χ1) is 31.7. The molecule has 0 unspecified atom stereocenters. The van der Waals surface area contributed by atoms with E-state index in [0.717, 1.165) is 45.3 Å². The van der Waals surface area contributed by atoms with Crippen LogP contribution in [0.3, 0.4) is 0 Å². The van der Waals surface area contributed by atoms with Crippen molar-refractivity contribution >= 4 is 79.4 Å². The third kappa shape index (κ3) is 5.43. The molecule has 0 fully saturated rings. The number of hydrogen-bond donors (Lipinski definition) is 1. The van der Waals surface area contributed by atoms with Crippen molar-refractivity contribution in [3.8, 4) is 11.1 Å². The zero-order chi connectivity index (χ0) is 43.7. The molecule has 9 aromatic carbocycles. The molecule has 3 nitrogen and oxygen atoms in total. The minimum Gasteiger partial charge on any atom is -0.456 e. The Morgan fingerprint density at radius 3 is 1.95 bits per heavy atom. The fourth-order valence-corrected chi connectivity index (χ4v) is 12.0. The first kappa shape index (κ1) is 38.2. The Bertz CT molecular complexity index is 3530. The lowest BCUT2D eigenvalue weighted by atomic mass is 9.54. The van der Waals surface area contributed by atoms with Gasteiger partial charge in [0.1, 0.15) is 11.2 Å². The fourth-order valence-electron chi connectivity index (χ4n) is 12.0. The molecule has 1 aromatic heterocycles. The van der Waals surface area contributed by atoms with Crippen LogP contribution in [-0.2, 0) is 16.2 Å². The van der Waals surface area contributed by atoms with Crippen LogP contribution in [0.2, 0.25) is 0 Å². The average Bonchev–Trinajstić information content (AvgIpc) is 3.73. The normalized spacial score (nSPS) is 16.0. The van der Waals surface area contributed by atoms with E-state index in [1.54, 1.807) is 0 Å². The molecule has 0 saturated heterocycles. The first-order valence-corrected chi connectivity index (χ1v) is 23.1. The van der Waals surface area contributed by atoms with Gasteiger partial charge in [0.2, 0.25) is 0 Å². The highest BCUT2D eigenvalue weighted by atomic mass is 16.3. The molecule has 2 aliphatic heterocycles. The second-order valence-electron chi connectivity index (χ2n) is 19.7. The smallest absolute Gasteiger partial charge is 0.197 e. The number of benzene rings is 9. The summed E-state index contributed by atoms with van der Waals surface area (Å²) < 4.78 is 6.63. The third-order valence-corrected chi connectivity index (χ3v) is 15.2. The van der Waals surface area contributed by atoms with Crippen LogP contribution in [0.4, 0.5) is 28.4 Å². The van der Waals surface area contributed by atoms with Gasteiger partial charge in [-0.2, -0.15) is 0 Å². The van der Waals surface area contributed by atoms with Crippen LogP contribution in [0.25, 0.3) is 43.8 Å². The SMILES string of the molecule is CC1(C)CCC(C)(C)c2cc(Nc3c(-c4cc5ccccc5c5c4[B]c4cccc6c4N5c4ccccc4C6(c4ccccc4)c4ccccc4)ccc4oc5ccccc5c34)ccc21. The van der Waals surface area contributed by atoms with E-state index in [1.165, 1.54) is 84.1 Å². The van der Waals surface area contributed by atoms with Gasteiger partial charge in [0.25, 0.3) is 0 Å². The highest BCUT2D eigenvalue weighted by Gasteiger charge is 2.49. The van der Waals surface area contributed by atoms with Gasteiger partial charge in [0, 0.05) is 33.4 Å². The molecule has 13 rings (SSSR count). The van der Waals surface area contributed by atoms with Gasteiger partial charge in [-0.25, -0.2) is 0 Å². The Morgan fingerprint density at radius 1 is 0.508 bits per heavy atom. The van der Waals surface area contributed by atoms with Crippen LogP contribution in [0.15, 0.2) is 192 Å². The van der Waals surface area contributed by atoms with Crippen molar-refractivity contribution in [3.63, 3.8) is 0 Å². The molecular formula is C61H48BN2O. The first-order valence-electron chi connectivity index (χ1n) is 23.1. The van der Waals surface area contributed by atoms with E-state index in [1.807, 2.05) is 0 Å². The number of fused-ring (bicyclic) bond motifs is 10. The molecule has 1 radical (unpaired) electrons. The summed E-state index contributed by atoms with van der Waals surface area (Å²) in [5, 5.41) is 8.70. The van der Waals surface area contributed by atoms with E-state index in [0.29, 0.717) is 0 Å². The summed E-state index contributed by atoms with van der Waals surface area (Å²) in [6, 6.07) is 69.7. The molecule has 3 heterocycles. The summed E-state index contributed by atoms with van der Waals surface area (Å²) >= 11 is 0. The Kier molecular flexibility index (Phi) is 8.14. The highest BCUT2D eigenvalue weighted by Crippen LogP contribution is 2.59. The second kappa shape index (κ2) is 13.9. The van der Waals surface area contributed by atoms with Crippen molar-refractivity contribution in [2.24, 2.45) is 0 Å². The Morgan fingerprint density at radius 2 is 1.17 bits per heavy atom. The zero-order valence-electron chi connectivity index (χ0n) is 37.2. The van der Waals surface area contributed by atoms with Crippen molar-refractivity contribution in [2.75, 3.05) is 10.2 Å². The van der Waals surface area contributed by atoms with E-state index in [2.05, 4.69) is 233 Å². The van der Waals surface area contributed by atoms with Gasteiger partial charge in [-0.05, 0) is 116 Å². The van der Waals surface area contributed by atoms with Crippen molar-refractivity contribution in [1.82, 2.24) is 0 Å². The molecule has 0 spiro atoms. The lowest BCUT2D eigenvalue weighted by molar-refractivity contribution is 0.332. The van der Waals surface area contributed by atoms with E-state index >= 15 is 0 Å². The van der Waals surface area contributed by atoms with Crippen molar-refractivity contribution in [3.05, 3.63) is 221 Å². The van der Waals surface area contributed by atoms with Crippen LogP contribution in [0.5, 0.6) is 0 Å². The van der Waals surface area contributed by atoms with Gasteiger partial charge in [-0.1, -0.05) is 179 Å². The maximum atomic E-state index is 6.63. The maximum absolute atomic E-state index is 6.63. The van der Waals surface area contributed by atoms with E-state index in [9.17, 15) is 0 Å². The molecule has 1 N–H and O–H groups in total. The number of nitrogens with zero attached hydrogens (tertiary/aromatic N) is 1. The van der Waals surface area contributed by atoms with Gasteiger partial charge in [-0.3, -0.25) is 0 Å². The second-order valence-corrected chi connectivity index (χ2v) is 19.7. The molecule has 0 amide bonds. The number of nitrogens with one attached hydrogen (secondary N) is 1. The lowest BCUT2D eigenvalue weighted by Gasteiger charge is -2.49. The molecule has 4 heteroatoms. The number of anilines is 5. The molecular weight excluding hydrogens is 787 g/mol. The largest absolute Gasteiger partial charge is 0.456 e. The monoisotopic (exact) mass is 835 g/mol. The molecule has 10 aromatic rings. The van der Waals surface area contributed by atoms with E-state index < -0.39 is 5.41 Å². The molecule has 311 valence electrons. The summed E-state index contributed by atoms with van der Waals surface area (Å²) in [7, 11) is 2.46. The topological polar surface area (TPSA) is 28.4 Å². The van der Waals surface area contributed by atoms with Gasteiger partial charge in [-0.15, -0.1) is 0 Å². The van der Waals surface area contributed by atoms with Crippen molar-refractivity contribution in [1.29, 1.82) is 0 Å². The number of hydrogen-bond acceptors (Lipinski definition) is 3. The zero-order valence-corrected chi connectivity index (χ0v) is 37.2. The Balaban J connectivity index is 1.10. The Labute approximate surface area is 381 Å². The lowest BCUT2D eigenvalue weighted by Crippen LogP contribution is -2.47. The summed E-state index contributed by atoms with van der Waals surface area (Å²) in [5.41, 5.74) is 19.8. The number of rotatable bonds is 5. The van der Waals surface area contributed by atoms with Crippen molar-refractivity contribution < 1.29 is 4.42 Å². The van der Waals surface area contributed by atoms with Crippen LogP contribution >= 0.6 is 0 Å². The maximum Gasteiger partial charge on any atom is 0.197 e. The predicted molar refractivity (Wildman–Crippen MR) is 273 cm³/mol. The average molecular weight is 836 g/mol. The Hall–Kier alpha value is -7.30. The van der Waals surface area contributed by atoms with E-state index in [-0.39, 0.29) is 10.8 Å². The molecule has 0 atom stereocenters. The minimum atomic E-state index is -0.553. The predicted octanol–water partition coefficient (Wildman–Crippen LogP) is 14.6. The molecule has 3 aliphatic rings. The molecule has 0 saturated carbocycles. The third-order valence-electron chi connectivity index (χ3n) is 15.2. The number of furan rings is 1. The summed E-state index contributed by atoms with van der Waals surface area (Å²) in [5.74, 6) is 0. The van der Waals surface area contributed by atoms with Crippen LogP contribution in [-0.4, -0.2) is 7.28 Å². The molecule has 1 aliphatic carbocycles. The minimum absolute atomic E-state index is 0.0711.